The molecule has 0 aromatic heterocycles. The number of halogens is 3. The van der Waals surface area contributed by atoms with Crippen molar-refractivity contribution in [3.63, 3.8) is 0 Å². The van der Waals surface area contributed by atoms with E-state index in [0.29, 0.717) is 0 Å². The van der Waals surface area contributed by atoms with Crippen LogP contribution in [0.15, 0.2) is 0 Å². The highest BCUT2D eigenvalue weighted by Gasteiger charge is 2.48. The molecule has 2 rings (SSSR count). The second kappa shape index (κ2) is 4.77. The summed E-state index contributed by atoms with van der Waals surface area (Å²) in [6.45, 7) is 3.38. The number of carbonyl (C=O) groups excluding carboxylic acids is 2. The van der Waals surface area contributed by atoms with Crippen LogP contribution >= 0.6 is 0 Å². The van der Waals surface area contributed by atoms with E-state index >= 15 is 0 Å². The van der Waals surface area contributed by atoms with Crippen LogP contribution in [0.25, 0.3) is 0 Å². The number of rotatable bonds is 1. The van der Waals surface area contributed by atoms with E-state index in [-0.39, 0.29) is 43.0 Å². The number of alkyl halides is 3. The molecule has 0 spiro atoms. The molecular weight excluding hydrogens is 261 g/mol. The smallest absolute Gasteiger partial charge is 0.304 e. The molecule has 4 unspecified atom stereocenters. The van der Waals surface area contributed by atoms with Gasteiger partial charge in [0.25, 0.3) is 0 Å². The molecule has 108 valence electrons. The molecule has 1 N–H and O–H groups in total. The molecule has 2 fully saturated rings. The van der Waals surface area contributed by atoms with Crippen molar-refractivity contribution in [1.82, 2.24) is 10.2 Å². The molecule has 2 amide bonds. The van der Waals surface area contributed by atoms with E-state index in [1.165, 1.54) is 0 Å². The van der Waals surface area contributed by atoms with Crippen molar-refractivity contribution in [2.75, 3.05) is 6.54 Å². The zero-order valence-corrected chi connectivity index (χ0v) is 10.8. The van der Waals surface area contributed by atoms with E-state index in [1.807, 2.05) is 0 Å². The lowest BCUT2D eigenvalue weighted by atomic mass is 9.99. The summed E-state index contributed by atoms with van der Waals surface area (Å²) < 4.78 is 37.5. The standard InChI is InChI=1S/C12H17F3N2O2/c1-6-7(2)11(19)17(10(6)18)8-3-4-9(16-5-8)12(13,14)15/h6-9,16H,3-5H2,1-2H3. The molecule has 0 aromatic carbocycles. The quantitative estimate of drug-likeness (QED) is 0.736. The van der Waals surface area contributed by atoms with E-state index < -0.39 is 18.3 Å². The lowest BCUT2D eigenvalue weighted by Gasteiger charge is -2.35. The first-order valence-electron chi connectivity index (χ1n) is 6.40. The molecule has 0 bridgehead atoms. The first-order valence-corrected chi connectivity index (χ1v) is 6.40. The largest absolute Gasteiger partial charge is 0.403 e. The maximum Gasteiger partial charge on any atom is 0.403 e. The Morgan fingerprint density at radius 2 is 1.63 bits per heavy atom. The van der Waals surface area contributed by atoms with Crippen molar-refractivity contribution in [2.24, 2.45) is 11.8 Å². The summed E-state index contributed by atoms with van der Waals surface area (Å²) in [5.41, 5.74) is 0. The minimum Gasteiger partial charge on any atom is -0.304 e. The van der Waals surface area contributed by atoms with Gasteiger partial charge in [0, 0.05) is 18.4 Å². The molecule has 4 nitrogen and oxygen atoms in total. The minimum atomic E-state index is -4.27. The predicted octanol–water partition coefficient (Wildman–Crippen LogP) is 1.31. The van der Waals surface area contributed by atoms with Gasteiger partial charge in [-0.1, -0.05) is 13.8 Å². The molecule has 7 heteroatoms. The van der Waals surface area contributed by atoms with Gasteiger partial charge in [-0.2, -0.15) is 13.2 Å². The summed E-state index contributed by atoms with van der Waals surface area (Å²) in [6.07, 6.45) is -4.17. The summed E-state index contributed by atoms with van der Waals surface area (Å²) in [5, 5.41) is 2.39. The number of nitrogens with zero attached hydrogens (tertiary/aromatic N) is 1. The fraction of sp³-hybridized carbons (Fsp3) is 0.833. The highest BCUT2D eigenvalue weighted by atomic mass is 19.4. The molecule has 0 aliphatic carbocycles. The summed E-state index contributed by atoms with van der Waals surface area (Å²) in [5.74, 6) is -1.30. The average Bonchev–Trinajstić information content (AvgIpc) is 2.53. The number of piperidine rings is 1. The average molecular weight is 278 g/mol. The molecule has 19 heavy (non-hydrogen) atoms. The van der Waals surface area contributed by atoms with Gasteiger partial charge >= 0.3 is 6.18 Å². The SMILES string of the molecule is CC1C(=O)N(C2CCC(C(F)(F)F)NC2)C(=O)C1C. The second-order valence-corrected chi connectivity index (χ2v) is 5.36. The van der Waals surface area contributed by atoms with Crippen LogP contribution in [0, 0.1) is 11.8 Å². The Balaban J connectivity index is 2.03. The third-order valence-corrected chi connectivity index (χ3v) is 4.15. The molecule has 2 heterocycles. The van der Waals surface area contributed by atoms with Crippen LogP contribution in [-0.4, -0.2) is 41.5 Å². The maximum atomic E-state index is 12.5. The van der Waals surface area contributed by atoms with Crippen LogP contribution < -0.4 is 5.32 Å². The van der Waals surface area contributed by atoms with Gasteiger partial charge in [-0.05, 0) is 12.8 Å². The van der Waals surface area contributed by atoms with Gasteiger partial charge in [-0.25, -0.2) is 0 Å². The molecule has 2 aliphatic rings. The number of hydrogen-bond donors (Lipinski definition) is 1. The number of amides is 2. The van der Waals surface area contributed by atoms with Gasteiger partial charge in [0.15, 0.2) is 0 Å². The molecule has 2 saturated heterocycles. The van der Waals surface area contributed by atoms with E-state index in [4.69, 9.17) is 0 Å². The lowest BCUT2D eigenvalue weighted by Crippen LogP contribution is -2.55. The van der Waals surface area contributed by atoms with Crippen LogP contribution in [0.2, 0.25) is 0 Å². The van der Waals surface area contributed by atoms with Crippen molar-refractivity contribution in [3.8, 4) is 0 Å². The van der Waals surface area contributed by atoms with E-state index in [0.717, 1.165) is 4.90 Å². The third-order valence-electron chi connectivity index (χ3n) is 4.15. The summed E-state index contributed by atoms with van der Waals surface area (Å²) in [4.78, 5) is 25.1. The van der Waals surface area contributed by atoms with Crippen LogP contribution in [-0.2, 0) is 9.59 Å². The highest BCUT2D eigenvalue weighted by molar-refractivity contribution is 6.05. The van der Waals surface area contributed by atoms with Gasteiger partial charge < -0.3 is 5.32 Å². The van der Waals surface area contributed by atoms with Gasteiger partial charge in [-0.15, -0.1) is 0 Å². The summed E-state index contributed by atoms with van der Waals surface area (Å²) in [6, 6.07) is -1.99. The Bertz CT molecular complexity index is 369. The van der Waals surface area contributed by atoms with Crippen LogP contribution in [0.4, 0.5) is 13.2 Å². The molecule has 0 radical (unpaired) electrons. The minimum absolute atomic E-state index is 0.0150. The van der Waals surface area contributed by atoms with Crippen LogP contribution in [0.1, 0.15) is 26.7 Å². The van der Waals surface area contributed by atoms with Crippen molar-refractivity contribution in [3.05, 3.63) is 0 Å². The Hall–Kier alpha value is -1.11. The Morgan fingerprint density at radius 1 is 1.11 bits per heavy atom. The zero-order valence-electron chi connectivity index (χ0n) is 10.8. The number of imide groups is 1. The normalized spacial score (nSPS) is 37.0. The first-order chi connectivity index (χ1) is 8.73. The second-order valence-electron chi connectivity index (χ2n) is 5.36. The predicted molar refractivity (Wildman–Crippen MR) is 61.0 cm³/mol. The Labute approximate surface area is 109 Å². The monoisotopic (exact) mass is 278 g/mol. The molecule has 0 saturated carbocycles. The molecular formula is C12H17F3N2O2. The van der Waals surface area contributed by atoms with Gasteiger partial charge in [0.2, 0.25) is 11.8 Å². The Morgan fingerprint density at radius 3 is 2.00 bits per heavy atom. The summed E-state index contributed by atoms with van der Waals surface area (Å²) >= 11 is 0. The van der Waals surface area contributed by atoms with E-state index in [9.17, 15) is 22.8 Å². The van der Waals surface area contributed by atoms with Crippen molar-refractivity contribution in [1.29, 1.82) is 0 Å². The first kappa shape index (κ1) is 14.3. The zero-order chi connectivity index (χ0) is 14.4. The number of carbonyl (C=O) groups is 2. The number of hydrogen-bond acceptors (Lipinski definition) is 3. The number of likely N-dealkylation sites (tertiary alicyclic amines) is 1. The van der Waals surface area contributed by atoms with Crippen LogP contribution in [0.3, 0.4) is 0 Å². The lowest BCUT2D eigenvalue weighted by molar-refractivity contribution is -0.164. The van der Waals surface area contributed by atoms with Gasteiger partial charge in [-0.3, -0.25) is 14.5 Å². The molecule has 0 aromatic rings. The van der Waals surface area contributed by atoms with Gasteiger partial charge in [0.05, 0.1) is 6.04 Å². The highest BCUT2D eigenvalue weighted by Crippen LogP contribution is 2.32. The number of nitrogens with one attached hydrogen (secondary N) is 1. The Kier molecular flexibility index (Phi) is 3.59. The van der Waals surface area contributed by atoms with E-state index in [2.05, 4.69) is 5.32 Å². The van der Waals surface area contributed by atoms with Crippen molar-refractivity contribution >= 4 is 11.8 Å². The molecule has 4 atom stereocenters. The fourth-order valence-corrected chi connectivity index (χ4v) is 2.68. The van der Waals surface area contributed by atoms with Crippen LogP contribution in [0.5, 0.6) is 0 Å². The topological polar surface area (TPSA) is 49.4 Å². The molecule has 2 aliphatic heterocycles. The third kappa shape index (κ3) is 2.48. The van der Waals surface area contributed by atoms with Gasteiger partial charge in [0.1, 0.15) is 6.04 Å². The van der Waals surface area contributed by atoms with Crippen molar-refractivity contribution < 1.29 is 22.8 Å². The van der Waals surface area contributed by atoms with Crippen molar-refractivity contribution in [2.45, 2.75) is 44.9 Å². The van der Waals surface area contributed by atoms with E-state index in [1.54, 1.807) is 13.8 Å². The fourth-order valence-electron chi connectivity index (χ4n) is 2.68. The maximum absolute atomic E-state index is 12.5. The summed E-state index contributed by atoms with van der Waals surface area (Å²) in [7, 11) is 0.